The normalized spacial score (nSPS) is 52.6. The van der Waals surface area contributed by atoms with Crippen LogP contribution in [0.1, 0.15) is 106 Å². The minimum Gasteiger partial charge on any atom is -0.478 e. The van der Waals surface area contributed by atoms with Crippen LogP contribution in [-0.4, -0.2) is 191 Å². The molecule has 8 rings (SSSR count). The van der Waals surface area contributed by atoms with E-state index in [-0.39, 0.29) is 39.1 Å². The molecule has 5 saturated carbocycles. The van der Waals surface area contributed by atoms with Gasteiger partial charge in [0.05, 0.1) is 32.0 Å². The van der Waals surface area contributed by atoms with Crippen LogP contribution in [0, 0.1) is 50.7 Å². The fourth-order valence-electron chi connectivity index (χ4n) is 15.6. The third-order valence-electron chi connectivity index (χ3n) is 19.7. The number of ether oxygens (including phenoxy) is 6. The van der Waals surface area contributed by atoms with Crippen molar-refractivity contribution in [1.29, 1.82) is 0 Å². The minimum atomic E-state index is -1.91. The molecule has 0 aromatic carbocycles. The highest BCUT2D eigenvalue weighted by molar-refractivity contribution is 5.85. The van der Waals surface area contributed by atoms with Crippen LogP contribution in [0.25, 0.3) is 0 Å². The Balaban J connectivity index is 1.00. The van der Waals surface area contributed by atoms with Crippen molar-refractivity contribution in [2.24, 2.45) is 50.7 Å². The van der Waals surface area contributed by atoms with Gasteiger partial charge in [0.2, 0.25) is 0 Å². The van der Waals surface area contributed by atoms with Gasteiger partial charge in [-0.2, -0.15) is 0 Å². The van der Waals surface area contributed by atoms with Crippen LogP contribution in [0.4, 0.5) is 0 Å². The van der Waals surface area contributed by atoms with Crippen molar-refractivity contribution in [2.45, 2.75) is 210 Å². The summed E-state index contributed by atoms with van der Waals surface area (Å²) in [7, 11) is 0. The van der Waals surface area contributed by atoms with Gasteiger partial charge in [0.1, 0.15) is 73.2 Å². The first-order valence-corrected chi connectivity index (χ1v) is 24.6. The summed E-state index contributed by atoms with van der Waals surface area (Å²) in [6, 6.07) is 0. The summed E-state index contributed by atoms with van der Waals surface area (Å²) in [5, 5.41) is 127. The van der Waals surface area contributed by atoms with Gasteiger partial charge in [0.15, 0.2) is 18.9 Å². The van der Waals surface area contributed by atoms with Crippen molar-refractivity contribution in [3.63, 3.8) is 0 Å². The van der Waals surface area contributed by atoms with Crippen molar-refractivity contribution < 1.29 is 94.5 Å². The first-order chi connectivity index (χ1) is 31.5. The molecular formula is C48H78O19. The highest BCUT2D eigenvalue weighted by atomic mass is 16.8. The van der Waals surface area contributed by atoms with E-state index in [1.807, 2.05) is 0 Å². The zero-order valence-electron chi connectivity index (χ0n) is 39.6. The van der Waals surface area contributed by atoms with E-state index < -0.39 is 136 Å². The lowest BCUT2D eigenvalue weighted by Crippen LogP contribution is -2.67. The molecular weight excluding hydrogens is 881 g/mol. The van der Waals surface area contributed by atoms with Gasteiger partial charge in [-0.05, 0) is 122 Å². The molecule has 67 heavy (non-hydrogen) atoms. The highest BCUT2D eigenvalue weighted by Crippen LogP contribution is 2.89. The van der Waals surface area contributed by atoms with Crippen molar-refractivity contribution in [3.05, 3.63) is 11.6 Å². The Labute approximate surface area is 392 Å². The van der Waals surface area contributed by atoms with E-state index in [1.165, 1.54) is 0 Å². The molecule has 0 aromatic rings. The van der Waals surface area contributed by atoms with Gasteiger partial charge in [-0.25, -0.2) is 4.79 Å². The Morgan fingerprint density at radius 2 is 1.13 bits per heavy atom. The SMILES string of the molecule is C/C(=C\C[C@H](O)[C@@H](C)[C@H]1CC[C@@]2(C)[C@@H]3CC[C@H]4C(C)(C)[C@@H](O[C@@H]5O[C@H](CO)[C@@H](O)[C@H](O)[C@H]5O[C@@H]5O[C@H](CO)[C@@H](O)[C@H](O)[C@H]5O[C@@H]5O[C@H](CO)[C@@H](O)[C@H](O)[C@H]5O)CC[C@@]45C[C@@]35CC[C@]12C)C(=O)O. The average molecular weight is 959 g/mol. The largest absolute Gasteiger partial charge is 0.478 e. The van der Waals surface area contributed by atoms with Gasteiger partial charge in [0, 0.05) is 5.57 Å². The Morgan fingerprint density at radius 1 is 0.627 bits per heavy atom. The Hall–Kier alpha value is -1.47. The Kier molecular flexibility index (Phi) is 14.6. The predicted octanol–water partition coefficient (Wildman–Crippen LogP) is -0.323. The highest BCUT2D eigenvalue weighted by Gasteiger charge is 2.82. The lowest BCUT2D eigenvalue weighted by molar-refractivity contribution is -0.398. The van der Waals surface area contributed by atoms with Crippen LogP contribution in [0.5, 0.6) is 0 Å². The monoisotopic (exact) mass is 959 g/mol. The number of aliphatic carboxylic acids is 1. The fraction of sp³-hybridized carbons (Fsp3) is 0.938. The number of carboxylic acids is 1. The molecule has 3 heterocycles. The van der Waals surface area contributed by atoms with Gasteiger partial charge >= 0.3 is 5.97 Å². The molecule has 384 valence electrons. The molecule has 3 saturated heterocycles. The number of fused-ring (bicyclic) bond motifs is 2. The van der Waals surface area contributed by atoms with Crippen LogP contribution in [0.15, 0.2) is 11.6 Å². The second-order valence-electron chi connectivity index (χ2n) is 22.8. The number of aliphatic hydroxyl groups excluding tert-OH is 11. The molecule has 8 aliphatic rings. The Morgan fingerprint density at radius 3 is 1.70 bits per heavy atom. The second kappa shape index (κ2) is 18.9. The van der Waals surface area contributed by atoms with E-state index in [1.54, 1.807) is 13.0 Å². The summed E-state index contributed by atoms with van der Waals surface area (Å²) in [6.45, 7) is 10.8. The molecule has 0 unspecified atom stereocenters. The van der Waals surface area contributed by atoms with Crippen LogP contribution in [0.3, 0.4) is 0 Å². The maximum absolute atomic E-state index is 11.7. The summed E-state index contributed by atoms with van der Waals surface area (Å²) in [5.74, 6) is 0.0914. The van der Waals surface area contributed by atoms with Gasteiger partial charge < -0.3 is 89.7 Å². The smallest absolute Gasteiger partial charge is 0.330 e. The van der Waals surface area contributed by atoms with E-state index in [2.05, 4.69) is 34.6 Å². The number of hydrogen-bond donors (Lipinski definition) is 12. The molecule has 0 bridgehead atoms. The topological polar surface area (TPSA) is 315 Å². The van der Waals surface area contributed by atoms with Crippen LogP contribution in [0.2, 0.25) is 0 Å². The van der Waals surface area contributed by atoms with E-state index >= 15 is 0 Å². The number of hydrogen-bond acceptors (Lipinski definition) is 18. The summed E-state index contributed by atoms with van der Waals surface area (Å²) < 4.78 is 36.6. The lowest BCUT2D eigenvalue weighted by Gasteiger charge is -2.63. The van der Waals surface area contributed by atoms with E-state index in [9.17, 15) is 66.1 Å². The molecule has 19 heteroatoms. The zero-order chi connectivity index (χ0) is 48.9. The van der Waals surface area contributed by atoms with Crippen LogP contribution >= 0.6 is 0 Å². The van der Waals surface area contributed by atoms with Gasteiger partial charge in [0.25, 0.3) is 0 Å². The standard InChI is InChI=1S/C48H78O19/c1-21(40(60)61)7-8-24(52)22(2)23-11-13-46(6)29-10-9-28-44(3,4)30(12-14-47(28)20-48(29,47)16-15-45(23,46)5)65-42-38(35(57)32(54)26(18-50)63-42)67-43-39(36(58)33(55)27(19-51)64-43)66-41-37(59)34(56)31(53)25(17-49)62-41/h7,22-39,41-43,49-59H,8-20H2,1-6H3,(H,60,61)/b21-7+/t22-,23+,24-,25+,26+,27+,28-,29-,30-,31+,32+,33+,34-,35-,36-,37+,38+,39+,41-,42-,43-,45+,46-,47+,48-/m0/s1. The second-order valence-corrected chi connectivity index (χ2v) is 22.8. The van der Waals surface area contributed by atoms with E-state index in [4.69, 9.17) is 28.4 Å². The van der Waals surface area contributed by atoms with E-state index in [0.29, 0.717) is 24.7 Å². The van der Waals surface area contributed by atoms with Gasteiger partial charge in [-0.1, -0.05) is 40.7 Å². The minimum absolute atomic E-state index is 0.00733. The average Bonchev–Trinajstić information content (AvgIpc) is 3.88. The molecule has 0 radical (unpaired) electrons. The number of rotatable bonds is 14. The van der Waals surface area contributed by atoms with Crippen molar-refractivity contribution in [2.75, 3.05) is 19.8 Å². The lowest BCUT2D eigenvalue weighted by atomic mass is 9.41. The van der Waals surface area contributed by atoms with Crippen LogP contribution in [-0.2, 0) is 33.2 Å². The molecule has 5 aliphatic carbocycles. The number of carbonyl (C=O) groups is 1. The maximum atomic E-state index is 11.7. The molecule has 12 N–H and O–H groups in total. The maximum Gasteiger partial charge on any atom is 0.330 e. The first-order valence-electron chi connectivity index (χ1n) is 24.6. The zero-order valence-corrected chi connectivity index (χ0v) is 39.6. The molecule has 3 aliphatic heterocycles. The fourth-order valence-corrected chi connectivity index (χ4v) is 15.6. The first kappa shape index (κ1) is 51.9. The number of carboxylic acid groups (broad SMARTS) is 1. The summed E-state index contributed by atoms with van der Waals surface area (Å²) in [6.07, 6.45) is -15.3. The summed E-state index contributed by atoms with van der Waals surface area (Å²) >= 11 is 0. The number of aliphatic hydroxyl groups is 11. The van der Waals surface area contributed by atoms with Gasteiger partial charge in [-0.3, -0.25) is 0 Å². The van der Waals surface area contributed by atoms with Crippen molar-refractivity contribution >= 4 is 5.97 Å². The van der Waals surface area contributed by atoms with E-state index in [0.717, 1.165) is 51.4 Å². The molecule has 2 spiro atoms. The third kappa shape index (κ3) is 8.19. The van der Waals surface area contributed by atoms with Gasteiger partial charge in [-0.15, -0.1) is 0 Å². The quantitative estimate of drug-likeness (QED) is 0.0784. The summed E-state index contributed by atoms with van der Waals surface area (Å²) in [5.41, 5.74) is 0.109. The Bertz CT molecular complexity index is 1800. The molecule has 25 atom stereocenters. The predicted molar refractivity (Wildman–Crippen MR) is 232 cm³/mol. The third-order valence-corrected chi connectivity index (χ3v) is 19.7. The molecule has 8 fully saturated rings. The molecule has 0 amide bonds. The molecule has 19 nitrogen and oxygen atoms in total. The van der Waals surface area contributed by atoms with Crippen LogP contribution < -0.4 is 0 Å². The van der Waals surface area contributed by atoms with Crippen molar-refractivity contribution in [3.8, 4) is 0 Å². The summed E-state index contributed by atoms with van der Waals surface area (Å²) in [4.78, 5) is 11.4. The molecule has 0 aromatic heterocycles. The van der Waals surface area contributed by atoms with Crippen molar-refractivity contribution in [1.82, 2.24) is 0 Å².